The van der Waals surface area contributed by atoms with Crippen molar-refractivity contribution in [2.24, 2.45) is 5.73 Å². The monoisotopic (exact) mass is 219 g/mol. The lowest BCUT2D eigenvalue weighted by atomic mass is 10.1. The van der Waals surface area contributed by atoms with Crippen molar-refractivity contribution in [3.8, 4) is 5.75 Å². The smallest absolute Gasteiger partial charge is 0.163 e. The second-order valence-electron chi connectivity index (χ2n) is 4.16. The largest absolute Gasteiger partial charge is 0.490 e. The number of nitrogens with two attached hydrogens (primary N) is 1. The molecule has 0 spiro atoms. The number of carbonyl (C=O) groups is 1. The van der Waals surface area contributed by atoms with Gasteiger partial charge in [0.2, 0.25) is 0 Å². The molecule has 86 valence electrons. The summed E-state index contributed by atoms with van der Waals surface area (Å²) in [4.78, 5) is 11.7. The molecule has 0 heterocycles. The van der Waals surface area contributed by atoms with Crippen LogP contribution in [-0.4, -0.2) is 18.4 Å². The van der Waals surface area contributed by atoms with Crippen molar-refractivity contribution in [1.82, 2.24) is 0 Å². The van der Waals surface area contributed by atoms with E-state index in [0.29, 0.717) is 19.1 Å². The number of ether oxygens (including phenoxy) is 1. The molecule has 0 saturated heterocycles. The van der Waals surface area contributed by atoms with Crippen molar-refractivity contribution in [1.29, 1.82) is 0 Å². The molecular formula is C13H17NO2. The van der Waals surface area contributed by atoms with E-state index in [-0.39, 0.29) is 5.78 Å². The maximum absolute atomic E-state index is 11.7. The molecule has 1 aliphatic carbocycles. The van der Waals surface area contributed by atoms with Gasteiger partial charge < -0.3 is 10.5 Å². The van der Waals surface area contributed by atoms with Crippen LogP contribution in [-0.2, 0) is 0 Å². The van der Waals surface area contributed by atoms with Crippen LogP contribution in [0.2, 0.25) is 0 Å². The minimum absolute atomic E-state index is 0.145. The van der Waals surface area contributed by atoms with Crippen molar-refractivity contribution in [2.45, 2.75) is 31.8 Å². The van der Waals surface area contributed by atoms with Gasteiger partial charge in [-0.05, 0) is 37.9 Å². The molecule has 1 aliphatic rings. The summed E-state index contributed by atoms with van der Waals surface area (Å²) in [5.41, 5.74) is 6.11. The highest BCUT2D eigenvalue weighted by molar-refractivity contribution is 5.96. The van der Waals surface area contributed by atoms with E-state index < -0.39 is 0 Å². The molecule has 3 heteroatoms. The fourth-order valence-electron chi connectivity index (χ4n) is 1.53. The van der Waals surface area contributed by atoms with Gasteiger partial charge in [-0.1, -0.05) is 12.1 Å². The molecule has 0 atom stereocenters. The van der Waals surface area contributed by atoms with Gasteiger partial charge in [0.05, 0.1) is 6.10 Å². The molecule has 0 unspecified atom stereocenters. The molecule has 0 radical (unpaired) electrons. The molecule has 16 heavy (non-hydrogen) atoms. The zero-order valence-electron chi connectivity index (χ0n) is 9.32. The Kier molecular flexibility index (Phi) is 3.57. The van der Waals surface area contributed by atoms with E-state index in [1.54, 1.807) is 0 Å². The molecule has 2 N–H and O–H groups in total. The van der Waals surface area contributed by atoms with Gasteiger partial charge in [0, 0.05) is 12.0 Å². The highest BCUT2D eigenvalue weighted by Gasteiger charge is 2.23. The van der Waals surface area contributed by atoms with Crippen LogP contribution >= 0.6 is 0 Å². The number of ketones is 1. The fourth-order valence-corrected chi connectivity index (χ4v) is 1.53. The molecule has 0 aromatic heterocycles. The third-order valence-corrected chi connectivity index (χ3v) is 2.59. The first kappa shape index (κ1) is 11.1. The molecule has 1 aromatic carbocycles. The molecule has 0 aliphatic heterocycles. The quantitative estimate of drug-likeness (QED) is 0.746. The van der Waals surface area contributed by atoms with Gasteiger partial charge in [0.1, 0.15) is 5.75 Å². The van der Waals surface area contributed by atoms with Gasteiger partial charge in [0.15, 0.2) is 5.78 Å². The van der Waals surface area contributed by atoms with Gasteiger partial charge in [-0.3, -0.25) is 4.79 Å². The van der Waals surface area contributed by atoms with Gasteiger partial charge >= 0.3 is 0 Å². The third kappa shape index (κ3) is 3.07. The summed E-state index contributed by atoms with van der Waals surface area (Å²) in [6.45, 7) is 0.560. The van der Waals surface area contributed by atoms with E-state index in [9.17, 15) is 4.79 Å². The van der Waals surface area contributed by atoms with Crippen molar-refractivity contribution < 1.29 is 9.53 Å². The second kappa shape index (κ2) is 5.12. The first-order valence-electron chi connectivity index (χ1n) is 5.79. The van der Waals surface area contributed by atoms with Gasteiger partial charge in [-0.2, -0.15) is 0 Å². The van der Waals surface area contributed by atoms with E-state index in [4.69, 9.17) is 10.5 Å². The van der Waals surface area contributed by atoms with Crippen LogP contribution in [0.15, 0.2) is 24.3 Å². The van der Waals surface area contributed by atoms with Crippen molar-refractivity contribution in [3.05, 3.63) is 29.8 Å². The van der Waals surface area contributed by atoms with Crippen LogP contribution in [0.5, 0.6) is 5.75 Å². The summed E-state index contributed by atoms with van der Waals surface area (Å²) in [6, 6.07) is 7.43. The van der Waals surface area contributed by atoms with Gasteiger partial charge in [-0.25, -0.2) is 0 Å². The first-order chi connectivity index (χ1) is 7.79. The van der Waals surface area contributed by atoms with Crippen molar-refractivity contribution >= 4 is 5.78 Å². The highest BCUT2D eigenvalue weighted by Crippen LogP contribution is 2.27. The summed E-state index contributed by atoms with van der Waals surface area (Å²) in [6.07, 6.45) is 3.89. The first-order valence-corrected chi connectivity index (χ1v) is 5.79. The van der Waals surface area contributed by atoms with Crippen LogP contribution < -0.4 is 10.5 Å². The molecule has 1 saturated carbocycles. The average molecular weight is 219 g/mol. The van der Waals surface area contributed by atoms with Crippen molar-refractivity contribution in [3.63, 3.8) is 0 Å². The summed E-state index contributed by atoms with van der Waals surface area (Å²) in [5.74, 6) is 0.952. The van der Waals surface area contributed by atoms with E-state index in [2.05, 4.69) is 0 Å². The van der Waals surface area contributed by atoms with E-state index in [0.717, 1.165) is 30.6 Å². The van der Waals surface area contributed by atoms with Gasteiger partial charge in [0.25, 0.3) is 0 Å². The highest BCUT2D eigenvalue weighted by atomic mass is 16.5. The number of benzene rings is 1. The van der Waals surface area contributed by atoms with Crippen molar-refractivity contribution in [2.75, 3.05) is 6.54 Å². The Morgan fingerprint density at radius 2 is 2.25 bits per heavy atom. The van der Waals surface area contributed by atoms with Gasteiger partial charge in [-0.15, -0.1) is 0 Å². The molecule has 0 bridgehead atoms. The minimum Gasteiger partial charge on any atom is -0.490 e. The Hall–Kier alpha value is -1.35. The maximum Gasteiger partial charge on any atom is 0.163 e. The number of Topliss-reactive ketones (excluding diaryl/α,β-unsaturated/α-hetero) is 1. The number of hydrogen-bond donors (Lipinski definition) is 1. The Morgan fingerprint density at radius 1 is 1.44 bits per heavy atom. The van der Waals surface area contributed by atoms with Crippen LogP contribution in [0.1, 0.15) is 36.0 Å². The van der Waals surface area contributed by atoms with Crippen LogP contribution in [0.25, 0.3) is 0 Å². The Morgan fingerprint density at radius 3 is 2.94 bits per heavy atom. The lowest BCUT2D eigenvalue weighted by molar-refractivity contribution is 0.0980. The topological polar surface area (TPSA) is 52.3 Å². The zero-order chi connectivity index (χ0) is 11.4. The molecule has 1 fully saturated rings. The number of hydrogen-bond acceptors (Lipinski definition) is 3. The summed E-state index contributed by atoms with van der Waals surface area (Å²) in [7, 11) is 0. The summed E-state index contributed by atoms with van der Waals surface area (Å²) >= 11 is 0. The Labute approximate surface area is 95.6 Å². The van der Waals surface area contributed by atoms with Crippen LogP contribution in [0, 0.1) is 0 Å². The normalized spacial score (nSPS) is 14.8. The molecule has 2 rings (SSSR count). The maximum atomic E-state index is 11.7. The lowest BCUT2D eigenvalue weighted by Gasteiger charge is -2.06. The molecule has 3 nitrogen and oxygen atoms in total. The second-order valence-corrected chi connectivity index (χ2v) is 4.16. The fraction of sp³-hybridized carbons (Fsp3) is 0.462. The summed E-state index contributed by atoms with van der Waals surface area (Å²) in [5, 5.41) is 0. The minimum atomic E-state index is 0.145. The standard InChI is InChI=1S/C13H17NO2/c14-8-2-5-13(15)10-3-1-4-12(9-10)16-11-6-7-11/h1,3-4,9,11H,2,5-8,14H2. The van der Waals surface area contributed by atoms with E-state index in [1.807, 2.05) is 24.3 Å². The predicted octanol–water partition coefficient (Wildman–Crippen LogP) is 2.15. The Balaban J connectivity index is 1.99. The predicted molar refractivity (Wildman–Crippen MR) is 62.7 cm³/mol. The molecular weight excluding hydrogens is 202 g/mol. The third-order valence-electron chi connectivity index (χ3n) is 2.59. The summed E-state index contributed by atoms with van der Waals surface area (Å²) < 4.78 is 5.64. The Bertz CT molecular complexity index is 372. The van der Waals surface area contributed by atoms with Crippen LogP contribution in [0.3, 0.4) is 0 Å². The average Bonchev–Trinajstić information content (AvgIpc) is 3.10. The molecule has 1 aromatic rings. The van der Waals surface area contributed by atoms with E-state index >= 15 is 0 Å². The SMILES string of the molecule is NCCCC(=O)c1cccc(OC2CC2)c1. The number of carbonyl (C=O) groups excluding carboxylic acids is 1. The van der Waals surface area contributed by atoms with E-state index in [1.165, 1.54) is 0 Å². The lowest BCUT2D eigenvalue weighted by Crippen LogP contribution is -2.05. The number of rotatable bonds is 6. The van der Waals surface area contributed by atoms with Crippen LogP contribution in [0.4, 0.5) is 0 Å². The zero-order valence-corrected chi connectivity index (χ0v) is 9.32. The molecule has 0 amide bonds.